The summed E-state index contributed by atoms with van der Waals surface area (Å²) in [7, 11) is 6.17. The molecule has 1 aliphatic carbocycles. The first-order valence-corrected chi connectivity index (χ1v) is 44.4. The van der Waals surface area contributed by atoms with Crippen LogP contribution in [0.5, 0.6) is 18.0 Å². The number of para-hydroxylation sites is 1. The Bertz CT molecular complexity index is 5510. The summed E-state index contributed by atoms with van der Waals surface area (Å²) in [6.07, 6.45) is 9.00. The number of hydrogen-bond acceptors (Lipinski definition) is 25. The lowest BCUT2D eigenvalue weighted by atomic mass is 10.0. The smallest absolute Gasteiger partial charge is 0.318 e. The highest BCUT2D eigenvalue weighted by atomic mass is 19.3. The Morgan fingerprint density at radius 1 is 0.496 bits per heavy atom. The van der Waals surface area contributed by atoms with E-state index in [2.05, 4.69) is 171 Å². The van der Waals surface area contributed by atoms with Gasteiger partial charge in [0.25, 0.3) is 6.43 Å². The van der Waals surface area contributed by atoms with E-state index in [1.807, 2.05) is 16.8 Å². The molecule has 0 N–H and O–H groups in total. The van der Waals surface area contributed by atoms with Crippen LogP contribution in [0.3, 0.4) is 0 Å². The third-order valence-corrected chi connectivity index (χ3v) is 26.9. The molecule has 2 unspecified atom stereocenters. The number of piperazine rings is 3. The first-order valence-electron chi connectivity index (χ1n) is 44.4. The monoisotopic (exact) mass is 1730 g/mol. The number of rotatable bonds is 22. The van der Waals surface area contributed by atoms with Crippen molar-refractivity contribution in [1.82, 2.24) is 59.3 Å². The van der Waals surface area contributed by atoms with Gasteiger partial charge >= 0.3 is 18.0 Å². The van der Waals surface area contributed by atoms with Gasteiger partial charge in [-0.25, -0.2) is 13.2 Å². The van der Waals surface area contributed by atoms with Gasteiger partial charge in [-0.3, -0.25) is 24.2 Å². The number of benzene rings is 5. The fraction of sp³-hybridized carbons (Fsp3) is 0.479. The number of halogens is 3. The number of aromatic nitrogens is 6. The van der Waals surface area contributed by atoms with E-state index in [0.29, 0.717) is 136 Å². The standard InChI is InChI=1S/C34H39N7O3.C33H38FN7O2.C29H35F2N7O2/c1-3-31(42)41-18-17-40(19-25(41)11-15-35)32-28-12-16-39(30-10-6-8-24-7-4-5-9-27(24)30)21-29(28)36-33(37-32)43-22-26-20-38(2)34(13-14-34)23-44-26;1-4-30(42)41-17-16-40(19-24(41)12-14-35)31-27-13-15-39(29-11-7-9-23-8-5-6-10-26(23)29)20-28(27)36-32(37-31)43-21-25-18-33(2,34)22-38(25)3;1-3-26(39)38-16-15-37(17-20(38)10-12-32)28-22-11-14-36(25-9-5-4-8-23(25)27(30)31)18-24(22)33-29(34-28)40-19-21-7-6-13-35(21)2/h3-10,25-26H,1,11-14,16-23H2,2H3;4-11,24-25H,1,12-13,15-22H2,2-3H3;3-5,8-9,20-21,27H,1,6-7,10-11,13-19H2,2H3/t25-,26+;24-,25-,33?;20?,21-/m000/s1. The second-order valence-electron chi connectivity index (χ2n) is 35.2. The second kappa shape index (κ2) is 38.9. The van der Waals surface area contributed by atoms with Gasteiger partial charge in [0.05, 0.1) is 98.9 Å². The number of hydrogen-bond donors (Lipinski definition) is 0. The molecule has 18 rings (SSSR count). The molecule has 9 aliphatic heterocycles. The average Bonchev–Trinajstić information content (AvgIpc) is 1.67. The van der Waals surface area contributed by atoms with Crippen molar-refractivity contribution < 1.29 is 46.5 Å². The zero-order chi connectivity index (χ0) is 88.6. The Hall–Kier alpha value is -12.2. The molecule has 6 saturated heterocycles. The lowest BCUT2D eigenvalue weighted by Crippen LogP contribution is -2.55. The molecule has 10 aliphatic rings. The van der Waals surface area contributed by atoms with Crippen LogP contribution in [0.25, 0.3) is 21.5 Å². The lowest BCUT2D eigenvalue weighted by molar-refractivity contribution is -0.129. The van der Waals surface area contributed by atoms with Gasteiger partial charge in [0.15, 0.2) is 0 Å². The van der Waals surface area contributed by atoms with Crippen LogP contribution in [-0.4, -0.2) is 270 Å². The molecular formula is C96H112F3N21O7. The Kier molecular flexibility index (Phi) is 27.1. The largest absolute Gasteiger partial charge is 0.462 e. The van der Waals surface area contributed by atoms with E-state index < -0.39 is 12.1 Å². The van der Waals surface area contributed by atoms with E-state index in [9.17, 15) is 43.3 Å². The topological polar surface area (TPSA) is 276 Å². The molecule has 0 bridgehead atoms. The van der Waals surface area contributed by atoms with Gasteiger partial charge in [0.1, 0.15) is 49.0 Å². The molecule has 1 spiro atoms. The highest BCUT2D eigenvalue weighted by Gasteiger charge is 2.50. The molecule has 7 atom stereocenters. The van der Waals surface area contributed by atoms with E-state index in [1.54, 1.807) is 39.8 Å². The van der Waals surface area contributed by atoms with Crippen LogP contribution in [0.15, 0.2) is 147 Å². The van der Waals surface area contributed by atoms with Crippen molar-refractivity contribution in [2.75, 3.05) is 175 Å². The van der Waals surface area contributed by atoms with Gasteiger partial charge in [-0.2, -0.15) is 45.7 Å². The summed E-state index contributed by atoms with van der Waals surface area (Å²) in [6.45, 7) is 24.9. The van der Waals surface area contributed by atoms with Gasteiger partial charge < -0.3 is 67.9 Å². The Morgan fingerprint density at radius 2 is 0.906 bits per heavy atom. The van der Waals surface area contributed by atoms with Gasteiger partial charge in [0.2, 0.25) is 17.7 Å². The zero-order valence-electron chi connectivity index (χ0n) is 73.0. The second-order valence-corrected chi connectivity index (χ2v) is 35.2. The van der Waals surface area contributed by atoms with Crippen molar-refractivity contribution in [2.24, 2.45) is 0 Å². The molecule has 31 heteroatoms. The summed E-state index contributed by atoms with van der Waals surface area (Å²) in [5.41, 5.74) is 7.56. The fourth-order valence-corrected chi connectivity index (χ4v) is 19.8. The maximum Gasteiger partial charge on any atom is 0.318 e. The Labute approximate surface area is 740 Å². The third kappa shape index (κ3) is 19.5. The number of carbonyl (C=O) groups is 3. The molecule has 1 saturated carbocycles. The van der Waals surface area contributed by atoms with Crippen molar-refractivity contribution in [3.05, 3.63) is 186 Å². The van der Waals surface area contributed by atoms with Crippen molar-refractivity contribution in [3.8, 4) is 36.2 Å². The molecule has 127 heavy (non-hydrogen) atoms. The number of nitrogens with zero attached hydrogens (tertiary/aromatic N) is 21. The average molecular weight is 1730 g/mol. The predicted octanol–water partition coefficient (Wildman–Crippen LogP) is 11.2. The van der Waals surface area contributed by atoms with Crippen molar-refractivity contribution in [3.63, 3.8) is 0 Å². The summed E-state index contributed by atoms with van der Waals surface area (Å²) >= 11 is 0. The molecule has 3 amide bonds. The van der Waals surface area contributed by atoms with Crippen LogP contribution in [0.4, 0.5) is 47.7 Å². The number of likely N-dealkylation sites (N-methyl/N-ethyl adjacent to an activating group) is 3. The molecular weight excluding hydrogens is 1620 g/mol. The number of amides is 3. The Morgan fingerprint density at radius 3 is 1.31 bits per heavy atom. The van der Waals surface area contributed by atoms with Crippen molar-refractivity contribution in [1.29, 1.82) is 15.8 Å². The number of ether oxygens (including phenoxy) is 4. The molecule has 0 radical (unpaired) electrons. The first-order chi connectivity index (χ1) is 61.6. The Balaban J connectivity index is 0.000000140. The van der Waals surface area contributed by atoms with Gasteiger partial charge in [-0.1, -0.05) is 111 Å². The molecule has 3 aromatic heterocycles. The van der Waals surface area contributed by atoms with Crippen LogP contribution < -0.4 is 43.6 Å². The van der Waals surface area contributed by atoms with E-state index in [1.165, 1.54) is 64.4 Å². The van der Waals surface area contributed by atoms with Crippen molar-refractivity contribution >= 4 is 73.8 Å². The minimum absolute atomic E-state index is 0.00308. The zero-order valence-corrected chi connectivity index (χ0v) is 73.0. The maximum absolute atomic E-state index is 14.7. The van der Waals surface area contributed by atoms with Crippen LogP contribution >= 0.6 is 0 Å². The number of likely N-dealkylation sites (tertiary alicyclic amines) is 2. The molecule has 8 aromatic rings. The summed E-state index contributed by atoms with van der Waals surface area (Å²) in [5.74, 6) is 1.86. The minimum Gasteiger partial charge on any atom is -0.462 e. The third-order valence-electron chi connectivity index (χ3n) is 26.9. The highest BCUT2D eigenvalue weighted by molar-refractivity contribution is 5.96. The summed E-state index contributed by atoms with van der Waals surface area (Å²) in [4.78, 5) is 91.9. The first kappa shape index (κ1) is 88.2. The maximum atomic E-state index is 14.7. The number of morpholine rings is 1. The van der Waals surface area contributed by atoms with Crippen LogP contribution in [0.1, 0.15) is 104 Å². The number of nitriles is 3. The quantitative estimate of drug-likeness (QED) is 0.0570. The minimum atomic E-state index is -2.58. The predicted molar refractivity (Wildman–Crippen MR) is 481 cm³/mol. The highest BCUT2D eigenvalue weighted by Crippen LogP contribution is 2.45. The molecule has 5 aromatic carbocycles. The van der Waals surface area contributed by atoms with E-state index in [4.69, 9.17) is 48.9 Å². The number of fused-ring (bicyclic) bond motifs is 5. The number of carbonyl (C=O) groups excluding carboxylic acids is 3. The SMILES string of the molecule is C=CC(=O)N1CCN(c2nc(OC[C@@H]3CC(C)(F)CN3C)nc3c2CCN(c2cccc4ccccc24)C3)C[C@@H]1CC#N.C=CC(=O)N1CCN(c2nc(OC[C@@H]3CCCN3C)nc3c2CCN(c2ccccc2C(F)F)C3)CC1CC#N.C=CC(=O)N1CCN(c2nc(OC[C@H]3CN(C)C4(CC4)CO3)nc3c2CCN(c2cccc4ccccc24)C3)C[C@@H]1CC#N. The van der Waals surface area contributed by atoms with Crippen LogP contribution in [-0.2, 0) is 58.0 Å². The van der Waals surface area contributed by atoms with Crippen molar-refractivity contribution in [2.45, 2.75) is 151 Å². The molecule has 28 nitrogen and oxygen atoms in total. The lowest BCUT2D eigenvalue weighted by Gasteiger charge is -2.42. The van der Waals surface area contributed by atoms with Gasteiger partial charge in [-0.05, 0) is 127 Å². The van der Waals surface area contributed by atoms with Crippen LogP contribution in [0.2, 0.25) is 0 Å². The fourth-order valence-electron chi connectivity index (χ4n) is 19.8. The number of anilines is 6. The summed E-state index contributed by atoms with van der Waals surface area (Å²) < 4.78 is 67.2. The molecule has 664 valence electrons. The summed E-state index contributed by atoms with van der Waals surface area (Å²) in [6, 6.07) is 43.2. The summed E-state index contributed by atoms with van der Waals surface area (Å²) in [5, 5.41) is 33.3. The van der Waals surface area contributed by atoms with E-state index in [0.717, 1.165) is 115 Å². The van der Waals surface area contributed by atoms with Crippen LogP contribution in [0, 0.1) is 34.0 Å². The van der Waals surface area contributed by atoms with E-state index >= 15 is 0 Å². The molecule has 12 heterocycles. The normalized spacial score (nSPS) is 22.8. The molecule has 7 fully saturated rings. The van der Waals surface area contributed by atoms with Gasteiger partial charge in [-0.15, -0.1) is 0 Å². The number of alkyl halides is 3. The van der Waals surface area contributed by atoms with E-state index in [-0.39, 0.29) is 96.4 Å². The van der Waals surface area contributed by atoms with Gasteiger partial charge in [0, 0.05) is 166 Å².